The van der Waals surface area contributed by atoms with Crippen LogP contribution in [0.3, 0.4) is 0 Å². The highest BCUT2D eigenvalue weighted by Gasteiger charge is 2.34. The Bertz CT molecular complexity index is 319. The number of ether oxygens (including phenoxy) is 1. The van der Waals surface area contributed by atoms with Crippen LogP contribution in [0.25, 0.3) is 0 Å². The molecule has 6 nitrogen and oxygen atoms in total. The van der Waals surface area contributed by atoms with E-state index in [0.717, 1.165) is 9.80 Å². The van der Waals surface area contributed by atoms with Crippen LogP contribution in [-0.2, 0) is 4.74 Å². The number of imide groups is 2. The van der Waals surface area contributed by atoms with E-state index in [4.69, 9.17) is 16.3 Å². The Labute approximate surface area is 98.1 Å². The van der Waals surface area contributed by atoms with Gasteiger partial charge in [-0.15, -0.1) is 0 Å². The second kappa shape index (κ2) is 5.16. The molecule has 0 unspecified atom stereocenters. The van der Waals surface area contributed by atoms with Crippen LogP contribution in [0, 0.1) is 0 Å². The smallest absolute Gasteiger partial charge is 0.418 e. The molecule has 0 radical (unpaired) electrons. The summed E-state index contributed by atoms with van der Waals surface area (Å²) in [5.74, 6) is 0. The standard InChI is InChI=1S/C9H13ClN2O4/c1-6(2)16-9(15)12-5-3-4-11(7(10)13)8(12)14/h6H,3-5H2,1-2H3. The molecule has 0 saturated carbocycles. The molecule has 90 valence electrons. The summed E-state index contributed by atoms with van der Waals surface area (Å²) in [6.45, 7) is 3.82. The van der Waals surface area contributed by atoms with Gasteiger partial charge in [-0.2, -0.15) is 0 Å². The van der Waals surface area contributed by atoms with Gasteiger partial charge in [-0.1, -0.05) is 0 Å². The van der Waals surface area contributed by atoms with Crippen LogP contribution in [0.2, 0.25) is 0 Å². The van der Waals surface area contributed by atoms with Crippen LogP contribution in [0.15, 0.2) is 0 Å². The molecule has 1 rings (SSSR count). The zero-order valence-electron chi connectivity index (χ0n) is 9.10. The second-order valence-corrected chi connectivity index (χ2v) is 3.95. The molecule has 1 aliphatic heterocycles. The molecule has 0 spiro atoms. The Kier molecular flexibility index (Phi) is 4.12. The van der Waals surface area contributed by atoms with Crippen LogP contribution < -0.4 is 0 Å². The molecule has 1 heterocycles. The van der Waals surface area contributed by atoms with E-state index in [2.05, 4.69) is 0 Å². The molecule has 1 saturated heterocycles. The van der Waals surface area contributed by atoms with Crippen molar-refractivity contribution in [2.45, 2.75) is 26.4 Å². The van der Waals surface area contributed by atoms with Gasteiger partial charge in [-0.3, -0.25) is 4.79 Å². The third-order valence-corrected chi connectivity index (χ3v) is 2.20. The monoisotopic (exact) mass is 248 g/mol. The lowest BCUT2D eigenvalue weighted by Gasteiger charge is -2.31. The van der Waals surface area contributed by atoms with E-state index in [1.165, 1.54) is 0 Å². The Morgan fingerprint density at radius 3 is 2.38 bits per heavy atom. The summed E-state index contributed by atoms with van der Waals surface area (Å²) in [4.78, 5) is 35.7. The van der Waals surface area contributed by atoms with Crippen LogP contribution in [0.1, 0.15) is 20.3 Å². The summed E-state index contributed by atoms with van der Waals surface area (Å²) in [5.41, 5.74) is 0. The number of rotatable bonds is 1. The molecule has 0 aromatic heterocycles. The molecule has 0 bridgehead atoms. The quantitative estimate of drug-likeness (QED) is 0.526. The molecule has 0 aromatic carbocycles. The van der Waals surface area contributed by atoms with Gasteiger partial charge in [0.1, 0.15) is 0 Å². The van der Waals surface area contributed by atoms with Gasteiger partial charge >= 0.3 is 17.5 Å². The normalized spacial score (nSPS) is 16.6. The molecule has 0 atom stereocenters. The number of halogens is 1. The number of amides is 4. The van der Waals surface area contributed by atoms with Crippen molar-refractivity contribution >= 4 is 29.1 Å². The Morgan fingerprint density at radius 1 is 1.31 bits per heavy atom. The summed E-state index contributed by atoms with van der Waals surface area (Å²) >= 11 is 5.21. The minimum atomic E-state index is -0.882. The zero-order chi connectivity index (χ0) is 12.3. The predicted molar refractivity (Wildman–Crippen MR) is 56.3 cm³/mol. The van der Waals surface area contributed by atoms with E-state index < -0.39 is 17.5 Å². The van der Waals surface area contributed by atoms with Crippen LogP contribution in [0.4, 0.5) is 14.4 Å². The molecule has 4 amide bonds. The van der Waals surface area contributed by atoms with Crippen molar-refractivity contribution in [3.05, 3.63) is 0 Å². The average molecular weight is 249 g/mol. The van der Waals surface area contributed by atoms with Gasteiger partial charge in [-0.25, -0.2) is 19.4 Å². The van der Waals surface area contributed by atoms with Crippen molar-refractivity contribution in [1.29, 1.82) is 0 Å². The molecule has 1 aliphatic rings. The molecule has 0 N–H and O–H groups in total. The zero-order valence-corrected chi connectivity index (χ0v) is 9.86. The number of hydrogen-bond donors (Lipinski definition) is 0. The first-order valence-corrected chi connectivity index (χ1v) is 5.30. The number of carbonyl (C=O) groups is 3. The lowest BCUT2D eigenvalue weighted by Crippen LogP contribution is -2.52. The van der Waals surface area contributed by atoms with E-state index in [-0.39, 0.29) is 19.2 Å². The number of carbonyl (C=O) groups excluding carboxylic acids is 3. The fraction of sp³-hybridized carbons (Fsp3) is 0.667. The van der Waals surface area contributed by atoms with Crippen molar-refractivity contribution in [3.63, 3.8) is 0 Å². The first-order chi connectivity index (χ1) is 7.43. The number of nitrogens with zero attached hydrogens (tertiary/aromatic N) is 2. The fourth-order valence-corrected chi connectivity index (χ4v) is 1.48. The maximum atomic E-state index is 11.6. The Morgan fingerprint density at radius 2 is 1.88 bits per heavy atom. The van der Waals surface area contributed by atoms with Crippen molar-refractivity contribution in [3.8, 4) is 0 Å². The van der Waals surface area contributed by atoms with Crippen LogP contribution >= 0.6 is 11.6 Å². The third kappa shape index (κ3) is 2.85. The minimum Gasteiger partial charge on any atom is -0.446 e. The summed E-state index contributed by atoms with van der Waals surface area (Å²) in [6, 6.07) is -0.725. The van der Waals surface area contributed by atoms with Crippen molar-refractivity contribution in [1.82, 2.24) is 9.80 Å². The Balaban J connectivity index is 2.70. The summed E-state index contributed by atoms with van der Waals surface area (Å²) in [5, 5.41) is -0.882. The van der Waals surface area contributed by atoms with E-state index in [9.17, 15) is 14.4 Å². The predicted octanol–water partition coefficient (Wildman–Crippen LogP) is 2.02. The Hall–Kier alpha value is -1.30. The summed E-state index contributed by atoms with van der Waals surface area (Å²) in [7, 11) is 0. The van der Waals surface area contributed by atoms with E-state index in [0.29, 0.717) is 6.42 Å². The maximum Gasteiger partial charge on any atom is 0.418 e. The fourth-order valence-electron chi connectivity index (χ4n) is 1.32. The lowest BCUT2D eigenvalue weighted by atomic mass is 10.3. The highest BCUT2D eigenvalue weighted by atomic mass is 35.5. The van der Waals surface area contributed by atoms with Gasteiger partial charge in [-0.05, 0) is 31.9 Å². The molecule has 7 heteroatoms. The van der Waals surface area contributed by atoms with E-state index >= 15 is 0 Å². The number of urea groups is 1. The topological polar surface area (TPSA) is 66.9 Å². The van der Waals surface area contributed by atoms with Crippen molar-refractivity contribution in [2.75, 3.05) is 13.1 Å². The van der Waals surface area contributed by atoms with Gasteiger partial charge in [0.2, 0.25) is 0 Å². The summed E-state index contributed by atoms with van der Waals surface area (Å²) < 4.78 is 4.87. The molecule has 0 aliphatic carbocycles. The van der Waals surface area contributed by atoms with Crippen LogP contribution in [-0.4, -0.2) is 46.5 Å². The first kappa shape index (κ1) is 12.8. The van der Waals surface area contributed by atoms with Gasteiger partial charge in [0, 0.05) is 13.1 Å². The van der Waals surface area contributed by atoms with Crippen LogP contribution in [0.5, 0.6) is 0 Å². The molecule has 1 fully saturated rings. The van der Waals surface area contributed by atoms with Gasteiger partial charge in [0.25, 0.3) is 0 Å². The molecule has 16 heavy (non-hydrogen) atoms. The largest absolute Gasteiger partial charge is 0.446 e. The lowest BCUT2D eigenvalue weighted by molar-refractivity contribution is 0.0732. The average Bonchev–Trinajstić information content (AvgIpc) is 2.16. The van der Waals surface area contributed by atoms with Gasteiger partial charge < -0.3 is 4.74 Å². The van der Waals surface area contributed by atoms with Crippen molar-refractivity contribution < 1.29 is 19.1 Å². The SMILES string of the molecule is CC(C)OC(=O)N1CCCN(C(=O)Cl)C1=O. The molecule has 0 aromatic rings. The number of hydrogen-bond acceptors (Lipinski definition) is 4. The van der Waals surface area contributed by atoms with Gasteiger partial charge in [0.15, 0.2) is 0 Å². The molecular weight excluding hydrogens is 236 g/mol. The minimum absolute atomic E-state index is 0.229. The van der Waals surface area contributed by atoms with E-state index in [1.54, 1.807) is 13.8 Å². The summed E-state index contributed by atoms with van der Waals surface area (Å²) in [6.07, 6.45) is -0.567. The molecular formula is C9H13ClN2O4. The highest BCUT2D eigenvalue weighted by molar-refractivity contribution is 6.64. The third-order valence-electron chi connectivity index (χ3n) is 1.99. The van der Waals surface area contributed by atoms with E-state index in [1.807, 2.05) is 0 Å². The van der Waals surface area contributed by atoms with Crippen molar-refractivity contribution in [2.24, 2.45) is 0 Å². The van der Waals surface area contributed by atoms with Gasteiger partial charge in [0.05, 0.1) is 6.10 Å². The maximum absolute atomic E-state index is 11.6. The first-order valence-electron chi connectivity index (χ1n) is 4.92. The highest BCUT2D eigenvalue weighted by Crippen LogP contribution is 2.13. The second-order valence-electron chi connectivity index (χ2n) is 3.62.